The molecule has 2 heterocycles. The van der Waals surface area contributed by atoms with Crippen molar-refractivity contribution in [3.63, 3.8) is 0 Å². The van der Waals surface area contributed by atoms with E-state index in [1.165, 1.54) is 0 Å². The first kappa shape index (κ1) is 21.0. The van der Waals surface area contributed by atoms with Crippen molar-refractivity contribution < 1.29 is 18.3 Å². The molecular formula is C29H22N2O4. The zero-order valence-electron chi connectivity index (χ0n) is 19.3. The molecule has 6 rings (SSSR count). The minimum atomic E-state index is 0.582. The maximum Gasteiger partial charge on any atom is 0.227 e. The lowest BCUT2D eigenvalue weighted by atomic mass is 10.0. The monoisotopic (exact) mass is 462 g/mol. The van der Waals surface area contributed by atoms with E-state index in [1.807, 2.05) is 67.6 Å². The Labute approximate surface area is 201 Å². The molecule has 0 saturated carbocycles. The van der Waals surface area contributed by atoms with E-state index in [9.17, 15) is 0 Å². The van der Waals surface area contributed by atoms with Gasteiger partial charge in [0.2, 0.25) is 11.8 Å². The number of aromatic nitrogens is 2. The molecule has 0 spiro atoms. The molecule has 0 unspecified atom stereocenters. The van der Waals surface area contributed by atoms with Crippen molar-refractivity contribution >= 4 is 22.2 Å². The van der Waals surface area contributed by atoms with Crippen LogP contribution in [0.3, 0.4) is 0 Å². The van der Waals surface area contributed by atoms with Crippen LogP contribution in [-0.4, -0.2) is 23.7 Å². The zero-order chi connectivity index (χ0) is 23.8. The summed E-state index contributed by atoms with van der Waals surface area (Å²) < 4.78 is 22.7. The molecule has 0 radical (unpaired) electrons. The number of hydrogen-bond donors (Lipinski definition) is 0. The molecule has 0 saturated heterocycles. The van der Waals surface area contributed by atoms with Gasteiger partial charge in [0.1, 0.15) is 22.5 Å². The molecule has 4 aromatic carbocycles. The van der Waals surface area contributed by atoms with Gasteiger partial charge in [-0.3, -0.25) is 0 Å². The highest BCUT2D eigenvalue weighted by atomic mass is 16.5. The molecule has 0 N–H and O–H groups in total. The van der Waals surface area contributed by atoms with Crippen molar-refractivity contribution in [1.29, 1.82) is 0 Å². The Morgan fingerprint density at radius 2 is 1.06 bits per heavy atom. The van der Waals surface area contributed by atoms with Gasteiger partial charge in [-0.1, -0.05) is 24.3 Å². The zero-order valence-corrected chi connectivity index (χ0v) is 19.3. The van der Waals surface area contributed by atoms with E-state index in [-0.39, 0.29) is 0 Å². The number of rotatable bonds is 6. The van der Waals surface area contributed by atoms with Crippen LogP contribution in [0.2, 0.25) is 0 Å². The third-order valence-corrected chi connectivity index (χ3v) is 5.86. The van der Waals surface area contributed by atoms with Crippen LogP contribution in [-0.2, 0) is 0 Å². The highest BCUT2D eigenvalue weighted by Crippen LogP contribution is 2.31. The van der Waals surface area contributed by atoms with E-state index >= 15 is 0 Å². The van der Waals surface area contributed by atoms with Crippen molar-refractivity contribution in [1.82, 2.24) is 9.97 Å². The lowest BCUT2D eigenvalue weighted by Crippen LogP contribution is -1.90. The SMILES string of the molecule is CCOc1ccc2nc(-c3ccc(-c4ccc(-c5nc6ccc(OC)cc6o5)cc4)cc3)oc2c1. The second-order valence-electron chi connectivity index (χ2n) is 8.09. The van der Waals surface area contributed by atoms with Crippen LogP contribution in [0.1, 0.15) is 6.92 Å². The molecular weight excluding hydrogens is 440 g/mol. The van der Waals surface area contributed by atoms with Crippen LogP contribution in [0.15, 0.2) is 93.8 Å². The van der Waals surface area contributed by atoms with E-state index < -0.39 is 0 Å². The molecule has 6 aromatic rings. The molecule has 0 atom stereocenters. The van der Waals surface area contributed by atoms with E-state index in [1.54, 1.807) is 7.11 Å². The summed E-state index contributed by atoms with van der Waals surface area (Å²) in [4.78, 5) is 9.21. The van der Waals surface area contributed by atoms with E-state index in [2.05, 4.69) is 34.2 Å². The van der Waals surface area contributed by atoms with Crippen molar-refractivity contribution in [2.75, 3.05) is 13.7 Å². The maximum atomic E-state index is 5.97. The minimum Gasteiger partial charge on any atom is -0.497 e. The maximum absolute atomic E-state index is 5.97. The van der Waals surface area contributed by atoms with Gasteiger partial charge in [-0.15, -0.1) is 0 Å². The molecule has 0 aliphatic rings. The van der Waals surface area contributed by atoms with Crippen LogP contribution in [0.5, 0.6) is 11.5 Å². The number of fused-ring (bicyclic) bond motifs is 2. The molecule has 6 nitrogen and oxygen atoms in total. The Morgan fingerprint density at radius 3 is 1.54 bits per heavy atom. The first-order valence-corrected chi connectivity index (χ1v) is 11.4. The summed E-state index contributed by atoms with van der Waals surface area (Å²) in [6, 6.07) is 27.6. The Morgan fingerprint density at radius 1 is 0.600 bits per heavy atom. The quantitative estimate of drug-likeness (QED) is 0.257. The Kier molecular flexibility index (Phi) is 5.19. The first-order chi connectivity index (χ1) is 17.2. The third kappa shape index (κ3) is 3.99. The molecule has 2 aromatic heterocycles. The van der Waals surface area contributed by atoms with Crippen LogP contribution >= 0.6 is 0 Å². The van der Waals surface area contributed by atoms with E-state index in [4.69, 9.17) is 18.3 Å². The Hall–Kier alpha value is -4.58. The number of oxazole rings is 2. The van der Waals surface area contributed by atoms with Gasteiger partial charge in [-0.2, -0.15) is 0 Å². The largest absolute Gasteiger partial charge is 0.497 e. The fourth-order valence-corrected chi connectivity index (χ4v) is 4.05. The molecule has 172 valence electrons. The van der Waals surface area contributed by atoms with Gasteiger partial charge in [-0.05, 0) is 66.6 Å². The van der Waals surface area contributed by atoms with Crippen LogP contribution in [0, 0.1) is 0 Å². The molecule has 0 aliphatic carbocycles. The molecule has 35 heavy (non-hydrogen) atoms. The fourth-order valence-electron chi connectivity index (χ4n) is 4.05. The van der Waals surface area contributed by atoms with Gasteiger partial charge in [0.25, 0.3) is 0 Å². The molecule has 6 heteroatoms. The highest BCUT2D eigenvalue weighted by molar-refractivity contribution is 5.79. The highest BCUT2D eigenvalue weighted by Gasteiger charge is 2.11. The van der Waals surface area contributed by atoms with Crippen LogP contribution < -0.4 is 9.47 Å². The van der Waals surface area contributed by atoms with Crippen molar-refractivity contribution in [2.45, 2.75) is 6.92 Å². The standard InChI is InChI=1S/C29H22N2O4/c1-3-33-23-13-15-25-27(17-23)35-29(31-25)21-10-6-19(7-11-21)18-4-8-20(9-5-18)28-30-24-14-12-22(32-2)16-26(24)34-28/h4-17H,3H2,1-2H3. The second kappa shape index (κ2) is 8.65. The summed E-state index contributed by atoms with van der Waals surface area (Å²) in [5, 5.41) is 0. The minimum absolute atomic E-state index is 0.582. The predicted molar refractivity (Wildman–Crippen MR) is 136 cm³/mol. The number of ether oxygens (including phenoxy) is 2. The van der Waals surface area contributed by atoms with E-state index in [0.29, 0.717) is 29.6 Å². The number of benzene rings is 4. The topological polar surface area (TPSA) is 70.5 Å². The van der Waals surface area contributed by atoms with E-state index in [0.717, 1.165) is 44.8 Å². The Bertz CT molecular complexity index is 1630. The van der Waals surface area contributed by atoms with Gasteiger partial charge < -0.3 is 18.3 Å². The Balaban J connectivity index is 1.24. The first-order valence-electron chi connectivity index (χ1n) is 11.4. The van der Waals surface area contributed by atoms with Gasteiger partial charge in [-0.25, -0.2) is 9.97 Å². The lowest BCUT2D eigenvalue weighted by Gasteiger charge is -2.04. The fraction of sp³-hybridized carbons (Fsp3) is 0.103. The summed E-state index contributed by atoms with van der Waals surface area (Å²) in [5.41, 5.74) is 7.04. The number of hydrogen-bond acceptors (Lipinski definition) is 6. The molecule has 0 fully saturated rings. The average molecular weight is 463 g/mol. The molecule has 0 aliphatic heterocycles. The predicted octanol–water partition coefficient (Wildman–Crippen LogP) is 7.38. The van der Waals surface area contributed by atoms with Gasteiger partial charge in [0.05, 0.1) is 13.7 Å². The number of methoxy groups -OCH3 is 1. The number of nitrogens with zero attached hydrogens (tertiary/aromatic N) is 2. The summed E-state index contributed by atoms with van der Waals surface area (Å²) in [6.45, 7) is 2.57. The third-order valence-electron chi connectivity index (χ3n) is 5.86. The second-order valence-corrected chi connectivity index (χ2v) is 8.09. The normalized spacial score (nSPS) is 11.3. The van der Waals surface area contributed by atoms with Gasteiger partial charge in [0, 0.05) is 23.3 Å². The van der Waals surface area contributed by atoms with Gasteiger partial charge >= 0.3 is 0 Å². The molecule has 0 bridgehead atoms. The lowest BCUT2D eigenvalue weighted by molar-refractivity contribution is 0.340. The van der Waals surface area contributed by atoms with Crippen LogP contribution in [0.4, 0.5) is 0 Å². The molecule has 0 amide bonds. The summed E-state index contributed by atoms with van der Waals surface area (Å²) in [6.07, 6.45) is 0. The average Bonchev–Trinajstić information content (AvgIpc) is 3.53. The summed E-state index contributed by atoms with van der Waals surface area (Å²) in [7, 11) is 1.63. The smallest absolute Gasteiger partial charge is 0.227 e. The van der Waals surface area contributed by atoms with Crippen LogP contribution in [0.25, 0.3) is 56.2 Å². The van der Waals surface area contributed by atoms with Gasteiger partial charge in [0.15, 0.2) is 11.2 Å². The van der Waals surface area contributed by atoms with Crippen molar-refractivity contribution in [2.24, 2.45) is 0 Å². The van der Waals surface area contributed by atoms with Crippen molar-refractivity contribution in [3.05, 3.63) is 84.9 Å². The van der Waals surface area contributed by atoms with Crippen molar-refractivity contribution in [3.8, 4) is 45.5 Å². The summed E-state index contributed by atoms with van der Waals surface area (Å²) >= 11 is 0. The summed E-state index contributed by atoms with van der Waals surface area (Å²) in [5.74, 6) is 2.69.